The van der Waals surface area contributed by atoms with Gasteiger partial charge in [-0.25, -0.2) is 4.79 Å². The standard InChI is InChI=1S/C19H21N3O2/c1-13-9-10-16-15(12-13)8-5-11-22(16)17(18(23)21-19(20)24)14-6-3-2-4-7-14/h2-4,6-7,9-10,12,17H,5,8,11H2,1H3,(H3,20,21,23,24)/t17-/m1/s1. The minimum absolute atomic E-state index is 0.401. The molecule has 0 saturated heterocycles. The van der Waals surface area contributed by atoms with Crippen molar-refractivity contribution in [1.29, 1.82) is 0 Å². The number of carbonyl (C=O) groups is 2. The van der Waals surface area contributed by atoms with Gasteiger partial charge in [-0.1, -0.05) is 48.0 Å². The van der Waals surface area contributed by atoms with Gasteiger partial charge in [-0.2, -0.15) is 0 Å². The molecule has 0 aliphatic carbocycles. The summed E-state index contributed by atoms with van der Waals surface area (Å²) in [6.07, 6.45) is 1.95. The molecule has 3 rings (SSSR count). The molecule has 2 aromatic rings. The number of urea groups is 1. The molecule has 0 aromatic heterocycles. The lowest BCUT2D eigenvalue weighted by molar-refractivity contribution is -0.121. The summed E-state index contributed by atoms with van der Waals surface area (Å²) in [7, 11) is 0. The van der Waals surface area contributed by atoms with Gasteiger partial charge in [-0.15, -0.1) is 0 Å². The van der Waals surface area contributed by atoms with Crippen LogP contribution in [0.5, 0.6) is 0 Å². The highest BCUT2D eigenvalue weighted by molar-refractivity contribution is 5.98. The van der Waals surface area contributed by atoms with Gasteiger partial charge in [0.2, 0.25) is 0 Å². The zero-order valence-corrected chi connectivity index (χ0v) is 13.7. The first kappa shape index (κ1) is 16.1. The lowest BCUT2D eigenvalue weighted by Gasteiger charge is -2.37. The quantitative estimate of drug-likeness (QED) is 0.912. The second kappa shape index (κ2) is 6.74. The van der Waals surface area contributed by atoms with E-state index in [2.05, 4.69) is 29.3 Å². The smallest absolute Gasteiger partial charge is 0.318 e. The van der Waals surface area contributed by atoms with Crippen LogP contribution in [0.15, 0.2) is 48.5 Å². The first-order chi connectivity index (χ1) is 11.6. The molecule has 1 aliphatic heterocycles. The summed E-state index contributed by atoms with van der Waals surface area (Å²) in [5, 5.41) is 2.24. The highest BCUT2D eigenvalue weighted by atomic mass is 16.2. The van der Waals surface area contributed by atoms with Crippen LogP contribution in [0.1, 0.15) is 29.2 Å². The number of nitrogens with zero attached hydrogens (tertiary/aromatic N) is 1. The second-order valence-corrected chi connectivity index (χ2v) is 6.10. The number of primary amides is 1. The number of rotatable bonds is 3. The van der Waals surface area contributed by atoms with Crippen LogP contribution in [0, 0.1) is 6.92 Å². The molecule has 1 heterocycles. The largest absolute Gasteiger partial charge is 0.356 e. The van der Waals surface area contributed by atoms with E-state index in [1.807, 2.05) is 36.4 Å². The van der Waals surface area contributed by atoms with Crippen molar-refractivity contribution in [3.8, 4) is 0 Å². The molecule has 1 atom stereocenters. The first-order valence-corrected chi connectivity index (χ1v) is 8.07. The van der Waals surface area contributed by atoms with Gasteiger partial charge in [0.05, 0.1) is 0 Å². The molecule has 3 amide bonds. The number of hydrogen-bond acceptors (Lipinski definition) is 3. The summed E-state index contributed by atoms with van der Waals surface area (Å²) in [5.41, 5.74) is 9.48. The van der Waals surface area contributed by atoms with Crippen LogP contribution in [0.2, 0.25) is 0 Å². The van der Waals surface area contributed by atoms with E-state index in [0.29, 0.717) is 0 Å². The zero-order valence-electron chi connectivity index (χ0n) is 13.7. The first-order valence-electron chi connectivity index (χ1n) is 8.07. The molecule has 3 N–H and O–H groups in total. The maximum Gasteiger partial charge on any atom is 0.318 e. The number of nitrogens with two attached hydrogens (primary N) is 1. The minimum Gasteiger partial charge on any atom is -0.356 e. The summed E-state index contributed by atoms with van der Waals surface area (Å²) in [6, 6.07) is 14.3. The van der Waals surface area contributed by atoms with E-state index in [1.54, 1.807) is 0 Å². The molecule has 0 fully saturated rings. The number of carbonyl (C=O) groups excluding carboxylic acids is 2. The van der Waals surface area contributed by atoms with Gasteiger partial charge < -0.3 is 10.6 Å². The highest BCUT2D eigenvalue weighted by Crippen LogP contribution is 2.34. The average molecular weight is 323 g/mol. The molecule has 2 aromatic carbocycles. The molecule has 0 unspecified atom stereocenters. The number of nitrogens with one attached hydrogen (secondary N) is 1. The summed E-state index contributed by atoms with van der Waals surface area (Å²) in [5.74, 6) is -0.401. The number of amides is 3. The number of fused-ring (bicyclic) bond motifs is 1. The second-order valence-electron chi connectivity index (χ2n) is 6.10. The van der Waals surface area contributed by atoms with Gasteiger partial charge in [0.25, 0.3) is 5.91 Å². The van der Waals surface area contributed by atoms with Crippen molar-refractivity contribution in [3.63, 3.8) is 0 Å². The maximum atomic E-state index is 12.7. The lowest BCUT2D eigenvalue weighted by Crippen LogP contribution is -2.46. The van der Waals surface area contributed by atoms with E-state index in [1.165, 1.54) is 11.1 Å². The van der Waals surface area contributed by atoms with Crippen molar-refractivity contribution in [3.05, 3.63) is 65.2 Å². The molecule has 0 saturated carbocycles. The monoisotopic (exact) mass is 323 g/mol. The average Bonchev–Trinajstić information content (AvgIpc) is 2.55. The van der Waals surface area contributed by atoms with Gasteiger partial charge in [0.15, 0.2) is 0 Å². The summed E-state index contributed by atoms with van der Waals surface area (Å²) in [4.78, 5) is 25.9. The Balaban J connectivity index is 2.04. The van der Waals surface area contributed by atoms with Crippen LogP contribution >= 0.6 is 0 Å². The number of anilines is 1. The maximum absolute atomic E-state index is 12.7. The molecule has 5 heteroatoms. The Hall–Kier alpha value is -2.82. The molecular weight excluding hydrogens is 302 g/mol. The molecule has 0 radical (unpaired) electrons. The summed E-state index contributed by atoms with van der Waals surface area (Å²) >= 11 is 0. The predicted octanol–water partition coefficient (Wildman–Crippen LogP) is 2.68. The van der Waals surface area contributed by atoms with Crippen LogP contribution in [0.4, 0.5) is 10.5 Å². The normalized spacial score (nSPS) is 14.6. The van der Waals surface area contributed by atoms with Crippen molar-refractivity contribution in [1.82, 2.24) is 5.32 Å². The number of benzene rings is 2. The Morgan fingerprint density at radius 2 is 1.92 bits per heavy atom. The van der Waals surface area contributed by atoms with Crippen molar-refractivity contribution in [2.24, 2.45) is 5.73 Å². The van der Waals surface area contributed by atoms with E-state index in [4.69, 9.17) is 5.73 Å². The van der Waals surface area contributed by atoms with Crippen molar-refractivity contribution >= 4 is 17.6 Å². The minimum atomic E-state index is -0.831. The van der Waals surface area contributed by atoms with Gasteiger partial charge in [0.1, 0.15) is 6.04 Å². The Bertz CT molecular complexity index is 758. The number of hydrogen-bond donors (Lipinski definition) is 2. The van der Waals surface area contributed by atoms with Crippen LogP contribution in [-0.2, 0) is 11.2 Å². The van der Waals surface area contributed by atoms with Gasteiger partial charge in [-0.05, 0) is 37.0 Å². The zero-order chi connectivity index (χ0) is 17.1. The van der Waals surface area contributed by atoms with Gasteiger partial charge >= 0.3 is 6.03 Å². The van der Waals surface area contributed by atoms with Crippen LogP contribution in [0.3, 0.4) is 0 Å². The van der Waals surface area contributed by atoms with Crippen molar-refractivity contribution in [2.75, 3.05) is 11.4 Å². The predicted molar refractivity (Wildman–Crippen MR) is 93.8 cm³/mol. The third-order valence-electron chi connectivity index (χ3n) is 4.31. The topological polar surface area (TPSA) is 75.4 Å². The van der Waals surface area contributed by atoms with E-state index in [9.17, 15) is 9.59 Å². The molecular formula is C19H21N3O2. The fourth-order valence-corrected chi connectivity index (χ4v) is 3.32. The molecule has 0 spiro atoms. The Kier molecular flexibility index (Phi) is 4.51. The fraction of sp³-hybridized carbons (Fsp3) is 0.263. The SMILES string of the molecule is Cc1ccc2c(c1)CCCN2[C@@H](C(=O)NC(N)=O)c1ccccc1. The molecule has 24 heavy (non-hydrogen) atoms. The van der Waals surface area contributed by atoms with Gasteiger partial charge in [0, 0.05) is 12.2 Å². The number of aryl methyl sites for hydroxylation is 2. The summed E-state index contributed by atoms with van der Waals surface area (Å²) < 4.78 is 0. The van der Waals surface area contributed by atoms with E-state index < -0.39 is 18.0 Å². The molecule has 5 nitrogen and oxygen atoms in total. The Morgan fingerprint density at radius 3 is 2.62 bits per heavy atom. The van der Waals surface area contributed by atoms with Crippen LogP contribution < -0.4 is 16.0 Å². The van der Waals surface area contributed by atoms with Crippen LogP contribution in [-0.4, -0.2) is 18.5 Å². The van der Waals surface area contributed by atoms with E-state index in [0.717, 1.165) is 30.6 Å². The Morgan fingerprint density at radius 1 is 1.17 bits per heavy atom. The third kappa shape index (κ3) is 3.25. The van der Waals surface area contributed by atoms with Crippen molar-refractivity contribution in [2.45, 2.75) is 25.8 Å². The van der Waals surface area contributed by atoms with Crippen LogP contribution in [0.25, 0.3) is 0 Å². The van der Waals surface area contributed by atoms with E-state index >= 15 is 0 Å². The van der Waals surface area contributed by atoms with Crippen molar-refractivity contribution < 1.29 is 9.59 Å². The molecule has 1 aliphatic rings. The number of imide groups is 1. The van der Waals surface area contributed by atoms with E-state index in [-0.39, 0.29) is 0 Å². The summed E-state index contributed by atoms with van der Waals surface area (Å²) in [6.45, 7) is 2.81. The lowest BCUT2D eigenvalue weighted by atomic mass is 9.95. The molecule has 0 bridgehead atoms. The third-order valence-corrected chi connectivity index (χ3v) is 4.31. The van der Waals surface area contributed by atoms with Gasteiger partial charge in [-0.3, -0.25) is 10.1 Å². The highest BCUT2D eigenvalue weighted by Gasteiger charge is 2.31. The fourth-order valence-electron chi connectivity index (χ4n) is 3.32. The Labute approximate surface area is 141 Å². The molecule has 124 valence electrons.